The van der Waals surface area contributed by atoms with Gasteiger partial charge in [0, 0.05) is 11.6 Å². The Hall–Kier alpha value is -1.59. The van der Waals surface area contributed by atoms with E-state index in [0.717, 1.165) is 49.2 Å². The first-order valence-corrected chi connectivity index (χ1v) is 9.43. The van der Waals surface area contributed by atoms with E-state index in [9.17, 15) is 9.90 Å². The Bertz CT molecular complexity index is 599. The zero-order valence-electron chi connectivity index (χ0n) is 15.3. The molecule has 1 aromatic carbocycles. The van der Waals surface area contributed by atoms with E-state index in [1.165, 1.54) is 12.8 Å². The Morgan fingerprint density at radius 1 is 1.28 bits per heavy atom. The van der Waals surface area contributed by atoms with Gasteiger partial charge < -0.3 is 15.2 Å². The van der Waals surface area contributed by atoms with Crippen molar-refractivity contribution in [2.45, 2.75) is 63.6 Å². The van der Waals surface area contributed by atoms with Crippen molar-refractivity contribution in [3.63, 3.8) is 0 Å². The summed E-state index contributed by atoms with van der Waals surface area (Å²) in [6, 6.07) is 5.91. The van der Waals surface area contributed by atoms with Crippen LogP contribution in [0.4, 0.5) is 0 Å². The predicted octanol–water partition coefficient (Wildman–Crippen LogP) is 2.04. The number of amides is 1. The lowest BCUT2D eigenvalue weighted by Gasteiger charge is -2.40. The van der Waals surface area contributed by atoms with Crippen LogP contribution in [0.1, 0.15) is 43.2 Å². The second kappa shape index (κ2) is 8.19. The van der Waals surface area contributed by atoms with E-state index in [2.05, 4.69) is 10.2 Å². The van der Waals surface area contributed by atoms with Gasteiger partial charge in [-0.2, -0.15) is 0 Å². The minimum Gasteiger partial charge on any atom is -0.496 e. The fraction of sp³-hybridized carbons (Fsp3) is 0.650. The lowest BCUT2D eigenvalue weighted by atomic mass is 9.87. The maximum Gasteiger partial charge on any atom is 0.224 e. The van der Waals surface area contributed by atoms with Crippen LogP contribution in [0.15, 0.2) is 18.2 Å². The highest BCUT2D eigenvalue weighted by Crippen LogP contribution is 2.27. The number of aliphatic hydroxyl groups excluding tert-OH is 1. The number of aryl methyl sites for hydroxylation is 1. The Morgan fingerprint density at radius 3 is 2.76 bits per heavy atom. The van der Waals surface area contributed by atoms with Crippen LogP contribution in [0.3, 0.4) is 0 Å². The van der Waals surface area contributed by atoms with Gasteiger partial charge in [0.15, 0.2) is 0 Å². The molecule has 1 heterocycles. The Kier molecular flexibility index (Phi) is 5.97. The zero-order chi connectivity index (χ0) is 17.8. The van der Waals surface area contributed by atoms with Gasteiger partial charge in [-0.1, -0.05) is 17.7 Å². The summed E-state index contributed by atoms with van der Waals surface area (Å²) in [5.74, 6) is 0.690. The SMILES string of the molecule is COc1ccc(C)cc1CC(=O)N[C@@H]1CCC[C@@H](N2CCCC2)[C@@H]1O. The number of carbonyl (C=O) groups excluding carboxylic acids is 1. The monoisotopic (exact) mass is 346 g/mol. The van der Waals surface area contributed by atoms with Crippen LogP contribution in [0, 0.1) is 6.92 Å². The third-order valence-electron chi connectivity index (χ3n) is 5.56. The van der Waals surface area contributed by atoms with E-state index in [4.69, 9.17) is 4.74 Å². The molecule has 2 fully saturated rings. The number of nitrogens with zero attached hydrogens (tertiary/aromatic N) is 1. The number of methoxy groups -OCH3 is 1. The number of hydrogen-bond acceptors (Lipinski definition) is 4. The molecule has 3 rings (SSSR count). The summed E-state index contributed by atoms with van der Waals surface area (Å²) in [7, 11) is 1.62. The van der Waals surface area contributed by atoms with E-state index in [1.807, 2.05) is 25.1 Å². The molecule has 2 aliphatic rings. The molecule has 1 aliphatic heterocycles. The van der Waals surface area contributed by atoms with E-state index in [0.29, 0.717) is 0 Å². The molecule has 0 bridgehead atoms. The minimum atomic E-state index is -0.477. The highest BCUT2D eigenvalue weighted by atomic mass is 16.5. The van der Waals surface area contributed by atoms with Crippen molar-refractivity contribution in [3.05, 3.63) is 29.3 Å². The van der Waals surface area contributed by atoms with E-state index < -0.39 is 6.10 Å². The van der Waals surface area contributed by atoms with Gasteiger partial charge >= 0.3 is 0 Å². The summed E-state index contributed by atoms with van der Waals surface area (Å²) < 4.78 is 5.36. The van der Waals surface area contributed by atoms with Crippen molar-refractivity contribution < 1.29 is 14.6 Å². The van der Waals surface area contributed by atoms with Gasteiger partial charge in [-0.25, -0.2) is 0 Å². The van der Waals surface area contributed by atoms with E-state index in [1.54, 1.807) is 7.11 Å². The quantitative estimate of drug-likeness (QED) is 0.856. The largest absolute Gasteiger partial charge is 0.496 e. The van der Waals surface area contributed by atoms with E-state index >= 15 is 0 Å². The lowest BCUT2D eigenvalue weighted by Crippen LogP contribution is -2.56. The van der Waals surface area contributed by atoms with E-state index in [-0.39, 0.29) is 24.4 Å². The van der Waals surface area contributed by atoms with Crippen molar-refractivity contribution in [1.82, 2.24) is 10.2 Å². The topological polar surface area (TPSA) is 61.8 Å². The van der Waals surface area contributed by atoms with Crippen molar-refractivity contribution in [1.29, 1.82) is 0 Å². The average molecular weight is 346 g/mol. The molecule has 3 atom stereocenters. The van der Waals surface area contributed by atoms with Gasteiger partial charge in [0.25, 0.3) is 0 Å². The number of benzene rings is 1. The first-order valence-electron chi connectivity index (χ1n) is 9.43. The molecule has 1 aliphatic carbocycles. The minimum absolute atomic E-state index is 0.0463. The molecule has 1 aromatic rings. The number of ether oxygens (including phenoxy) is 1. The average Bonchev–Trinajstić information content (AvgIpc) is 3.11. The fourth-order valence-corrected chi connectivity index (χ4v) is 4.26. The Balaban J connectivity index is 1.61. The third-order valence-corrected chi connectivity index (χ3v) is 5.56. The molecule has 0 unspecified atom stereocenters. The zero-order valence-corrected chi connectivity index (χ0v) is 15.3. The maximum absolute atomic E-state index is 12.5. The van der Waals surface area contributed by atoms with Crippen LogP contribution < -0.4 is 10.1 Å². The first kappa shape index (κ1) is 18.2. The van der Waals surface area contributed by atoms with Crippen LogP contribution in [-0.4, -0.2) is 54.3 Å². The highest BCUT2D eigenvalue weighted by molar-refractivity contribution is 5.79. The third kappa shape index (κ3) is 4.33. The van der Waals surface area contributed by atoms with Gasteiger partial charge in [-0.15, -0.1) is 0 Å². The van der Waals surface area contributed by atoms with Gasteiger partial charge in [0.1, 0.15) is 5.75 Å². The number of likely N-dealkylation sites (tertiary alicyclic amines) is 1. The molecule has 2 N–H and O–H groups in total. The second-order valence-electron chi connectivity index (χ2n) is 7.40. The molecular formula is C20H30N2O3. The standard InChI is InChI=1S/C20H30N2O3/c1-14-8-9-18(25-2)15(12-14)13-19(23)21-16-6-5-7-17(20(16)24)22-10-3-4-11-22/h8-9,12,16-17,20,24H,3-7,10-11,13H2,1-2H3,(H,21,23)/t16-,17-,20-/m1/s1. The van der Waals surface area contributed by atoms with Gasteiger partial charge in [-0.05, 0) is 58.2 Å². The molecule has 5 heteroatoms. The van der Waals surface area contributed by atoms with Crippen LogP contribution in [0.2, 0.25) is 0 Å². The van der Waals surface area contributed by atoms with Gasteiger partial charge in [-0.3, -0.25) is 9.69 Å². The summed E-state index contributed by atoms with van der Waals surface area (Å²) in [4.78, 5) is 14.9. The fourth-order valence-electron chi connectivity index (χ4n) is 4.26. The molecule has 0 radical (unpaired) electrons. The molecule has 25 heavy (non-hydrogen) atoms. The molecule has 1 amide bonds. The van der Waals surface area contributed by atoms with Crippen molar-refractivity contribution >= 4 is 5.91 Å². The predicted molar refractivity (Wildman–Crippen MR) is 97.8 cm³/mol. The lowest BCUT2D eigenvalue weighted by molar-refractivity contribution is -0.123. The molecule has 0 spiro atoms. The number of hydrogen-bond donors (Lipinski definition) is 2. The van der Waals surface area contributed by atoms with Crippen LogP contribution in [0.25, 0.3) is 0 Å². The summed E-state index contributed by atoms with van der Waals surface area (Å²) in [6.07, 6.45) is 5.16. The summed E-state index contributed by atoms with van der Waals surface area (Å²) >= 11 is 0. The van der Waals surface area contributed by atoms with Gasteiger partial charge in [0.05, 0.1) is 25.7 Å². The maximum atomic E-state index is 12.5. The smallest absolute Gasteiger partial charge is 0.224 e. The van der Waals surface area contributed by atoms with Gasteiger partial charge in [0.2, 0.25) is 5.91 Å². The van der Waals surface area contributed by atoms with Crippen LogP contribution in [0.5, 0.6) is 5.75 Å². The summed E-state index contributed by atoms with van der Waals surface area (Å²) in [5.41, 5.74) is 2.00. The van der Waals surface area contributed by atoms with Crippen molar-refractivity contribution in [3.8, 4) is 5.75 Å². The molecule has 138 valence electrons. The molecule has 5 nitrogen and oxygen atoms in total. The Morgan fingerprint density at radius 2 is 2.04 bits per heavy atom. The number of aliphatic hydroxyl groups is 1. The Labute approximate surface area is 150 Å². The van der Waals surface area contributed by atoms with Crippen molar-refractivity contribution in [2.75, 3.05) is 20.2 Å². The second-order valence-corrected chi connectivity index (χ2v) is 7.40. The number of nitrogens with one attached hydrogen (secondary N) is 1. The number of carbonyl (C=O) groups is 1. The molecular weight excluding hydrogens is 316 g/mol. The van der Waals surface area contributed by atoms with Crippen LogP contribution in [-0.2, 0) is 11.2 Å². The molecule has 1 saturated heterocycles. The van der Waals surface area contributed by atoms with Crippen molar-refractivity contribution in [2.24, 2.45) is 0 Å². The highest BCUT2D eigenvalue weighted by Gasteiger charge is 2.36. The normalized spacial score (nSPS) is 27.2. The first-order chi connectivity index (χ1) is 12.1. The number of rotatable bonds is 5. The molecule has 1 saturated carbocycles. The summed E-state index contributed by atoms with van der Waals surface area (Å²) in [6.45, 7) is 4.15. The van der Waals surface area contributed by atoms with Crippen LogP contribution >= 0.6 is 0 Å². The molecule has 0 aromatic heterocycles. The summed E-state index contributed by atoms with van der Waals surface area (Å²) in [5, 5.41) is 13.8.